The first-order valence-corrected chi connectivity index (χ1v) is 8.35. The lowest BCUT2D eigenvalue weighted by Crippen LogP contribution is -2.16. The summed E-state index contributed by atoms with van der Waals surface area (Å²) >= 11 is 1.08. The highest BCUT2D eigenvalue weighted by atomic mass is 32.2. The van der Waals surface area contributed by atoms with E-state index in [1.54, 1.807) is 5.38 Å². The Kier molecular flexibility index (Phi) is 4.59. The number of hydrogen-bond donors (Lipinski definition) is 1. The van der Waals surface area contributed by atoms with E-state index in [1.807, 2.05) is 0 Å². The zero-order chi connectivity index (χ0) is 15.5. The number of ether oxygens (including phenoxy) is 1. The molecule has 0 saturated carbocycles. The number of carbonyl (C=O) groups excluding carboxylic acids is 1. The molecule has 0 bridgehead atoms. The fourth-order valence-electron chi connectivity index (χ4n) is 1.64. The fourth-order valence-corrected chi connectivity index (χ4v) is 3.68. The van der Waals surface area contributed by atoms with Crippen molar-refractivity contribution in [1.82, 2.24) is 0 Å². The summed E-state index contributed by atoms with van der Waals surface area (Å²) in [6, 6.07) is 6.65. The van der Waals surface area contributed by atoms with Gasteiger partial charge in [0.2, 0.25) is 10.0 Å². The van der Waals surface area contributed by atoms with Gasteiger partial charge in [0.05, 0.1) is 18.6 Å². The van der Waals surface area contributed by atoms with Crippen LogP contribution in [0.2, 0.25) is 0 Å². The molecule has 112 valence electrons. The predicted octanol–water partition coefficient (Wildman–Crippen LogP) is 2.62. The third-order valence-corrected chi connectivity index (χ3v) is 4.71. The topological polar surface area (TPSA) is 72.5 Å². The summed E-state index contributed by atoms with van der Waals surface area (Å²) in [5.41, 5.74) is 0.618. The summed E-state index contributed by atoms with van der Waals surface area (Å²) in [5.74, 6) is -1.36. The van der Waals surface area contributed by atoms with Crippen LogP contribution in [0.25, 0.3) is 0 Å². The number of methoxy groups -OCH3 is 1. The molecule has 0 spiro atoms. The Morgan fingerprint density at radius 1 is 1.29 bits per heavy atom. The molecule has 2 rings (SSSR count). The molecule has 0 aliphatic carbocycles. The van der Waals surface area contributed by atoms with Crippen LogP contribution in [-0.4, -0.2) is 21.5 Å². The lowest BCUT2D eigenvalue weighted by molar-refractivity contribution is 0.0607. The fraction of sp³-hybridized carbons (Fsp3) is 0.154. The lowest BCUT2D eigenvalue weighted by Gasteiger charge is -2.08. The highest BCUT2D eigenvalue weighted by Gasteiger charge is 2.19. The second-order valence-electron chi connectivity index (χ2n) is 4.14. The van der Waals surface area contributed by atoms with Crippen LogP contribution in [0.3, 0.4) is 0 Å². The Balaban J connectivity index is 2.16. The summed E-state index contributed by atoms with van der Waals surface area (Å²) in [6.45, 7) is 0. The van der Waals surface area contributed by atoms with Crippen LogP contribution < -0.4 is 4.72 Å². The Morgan fingerprint density at radius 2 is 1.95 bits per heavy atom. The van der Waals surface area contributed by atoms with Crippen LogP contribution in [0, 0.1) is 5.82 Å². The van der Waals surface area contributed by atoms with Gasteiger partial charge in [-0.1, -0.05) is 12.1 Å². The van der Waals surface area contributed by atoms with E-state index in [2.05, 4.69) is 9.46 Å². The van der Waals surface area contributed by atoms with Crippen molar-refractivity contribution in [3.63, 3.8) is 0 Å². The van der Waals surface area contributed by atoms with Crippen molar-refractivity contribution in [2.45, 2.75) is 5.75 Å². The van der Waals surface area contributed by atoms with Crippen molar-refractivity contribution in [2.75, 3.05) is 11.8 Å². The summed E-state index contributed by atoms with van der Waals surface area (Å²) in [4.78, 5) is 11.7. The van der Waals surface area contributed by atoms with Crippen LogP contribution in [0.5, 0.6) is 0 Å². The van der Waals surface area contributed by atoms with E-state index >= 15 is 0 Å². The molecule has 1 aromatic carbocycles. The monoisotopic (exact) mass is 329 g/mol. The predicted molar refractivity (Wildman–Crippen MR) is 78.3 cm³/mol. The van der Waals surface area contributed by atoms with Gasteiger partial charge in [-0.05, 0) is 29.1 Å². The molecule has 0 atom stereocenters. The normalized spacial score (nSPS) is 11.1. The largest absolute Gasteiger partial charge is 0.465 e. The minimum Gasteiger partial charge on any atom is -0.465 e. The second-order valence-corrected chi connectivity index (χ2v) is 6.78. The Labute approximate surface area is 125 Å². The molecule has 2 aromatic rings. The summed E-state index contributed by atoms with van der Waals surface area (Å²) in [7, 11) is -2.49. The molecule has 5 nitrogen and oxygen atoms in total. The van der Waals surface area contributed by atoms with Gasteiger partial charge in [0.1, 0.15) is 10.7 Å². The van der Waals surface area contributed by atoms with E-state index in [-0.39, 0.29) is 16.3 Å². The molecule has 0 amide bonds. The van der Waals surface area contributed by atoms with Crippen LogP contribution in [-0.2, 0) is 20.5 Å². The second kappa shape index (κ2) is 6.23. The number of rotatable bonds is 5. The molecular formula is C13H12FNO4S2. The maximum absolute atomic E-state index is 12.8. The molecule has 0 radical (unpaired) electrons. The number of sulfonamides is 1. The number of nitrogens with one attached hydrogen (secondary N) is 1. The SMILES string of the molecule is COC(=O)c1sccc1NS(=O)(=O)Cc1ccc(F)cc1. The van der Waals surface area contributed by atoms with Crippen LogP contribution >= 0.6 is 11.3 Å². The zero-order valence-electron chi connectivity index (χ0n) is 11.0. The lowest BCUT2D eigenvalue weighted by atomic mass is 10.2. The number of esters is 1. The number of halogens is 1. The summed E-state index contributed by atoms with van der Waals surface area (Å²) < 4.78 is 43.8. The highest BCUT2D eigenvalue weighted by molar-refractivity contribution is 7.91. The molecular weight excluding hydrogens is 317 g/mol. The minimum atomic E-state index is -3.71. The van der Waals surface area contributed by atoms with E-state index in [0.29, 0.717) is 5.56 Å². The van der Waals surface area contributed by atoms with E-state index < -0.39 is 21.8 Å². The molecule has 0 aliphatic heterocycles. The average Bonchev–Trinajstić information content (AvgIpc) is 2.87. The van der Waals surface area contributed by atoms with Crippen LogP contribution in [0.1, 0.15) is 15.2 Å². The van der Waals surface area contributed by atoms with E-state index in [4.69, 9.17) is 0 Å². The third kappa shape index (κ3) is 4.02. The van der Waals surface area contributed by atoms with Crippen molar-refractivity contribution in [3.8, 4) is 0 Å². The maximum Gasteiger partial charge on any atom is 0.350 e. The summed E-state index contributed by atoms with van der Waals surface area (Å²) in [5, 5.41) is 1.59. The molecule has 0 saturated heterocycles. The van der Waals surface area contributed by atoms with Crippen molar-refractivity contribution in [2.24, 2.45) is 0 Å². The smallest absolute Gasteiger partial charge is 0.350 e. The molecule has 1 N–H and O–H groups in total. The van der Waals surface area contributed by atoms with Gasteiger partial charge in [0, 0.05) is 0 Å². The minimum absolute atomic E-state index is 0.175. The van der Waals surface area contributed by atoms with Gasteiger partial charge < -0.3 is 4.74 Å². The Hall–Kier alpha value is -1.93. The van der Waals surface area contributed by atoms with Gasteiger partial charge in [0.25, 0.3) is 0 Å². The molecule has 0 aliphatic rings. The van der Waals surface area contributed by atoms with Gasteiger partial charge in [-0.3, -0.25) is 4.72 Å². The van der Waals surface area contributed by atoms with Crippen molar-refractivity contribution in [3.05, 3.63) is 52.0 Å². The van der Waals surface area contributed by atoms with Crippen molar-refractivity contribution >= 4 is 33.0 Å². The zero-order valence-corrected chi connectivity index (χ0v) is 12.6. The highest BCUT2D eigenvalue weighted by Crippen LogP contribution is 2.24. The third-order valence-electron chi connectivity index (χ3n) is 2.57. The first-order chi connectivity index (χ1) is 9.91. The number of thiophene rings is 1. The summed E-state index contributed by atoms with van der Waals surface area (Å²) in [6.07, 6.45) is 0. The Bertz CT molecular complexity index is 738. The number of anilines is 1. The van der Waals surface area contributed by atoms with Crippen molar-refractivity contribution in [1.29, 1.82) is 0 Å². The van der Waals surface area contributed by atoms with Crippen molar-refractivity contribution < 1.29 is 22.3 Å². The van der Waals surface area contributed by atoms with Crippen LogP contribution in [0.4, 0.5) is 10.1 Å². The van der Waals surface area contributed by atoms with Gasteiger partial charge in [-0.2, -0.15) is 0 Å². The number of hydrogen-bond acceptors (Lipinski definition) is 5. The number of benzene rings is 1. The van der Waals surface area contributed by atoms with Gasteiger partial charge in [0.15, 0.2) is 0 Å². The molecule has 0 fully saturated rings. The average molecular weight is 329 g/mol. The van der Waals surface area contributed by atoms with E-state index in [9.17, 15) is 17.6 Å². The van der Waals surface area contributed by atoms with Gasteiger partial charge in [-0.25, -0.2) is 17.6 Å². The maximum atomic E-state index is 12.8. The quantitative estimate of drug-likeness (QED) is 0.856. The molecule has 21 heavy (non-hydrogen) atoms. The molecule has 1 heterocycles. The number of carbonyl (C=O) groups is 1. The first-order valence-electron chi connectivity index (χ1n) is 5.82. The molecule has 0 unspecified atom stereocenters. The first kappa shape index (κ1) is 15.5. The van der Waals surface area contributed by atoms with Gasteiger partial charge >= 0.3 is 5.97 Å². The van der Waals surface area contributed by atoms with Crippen LogP contribution in [0.15, 0.2) is 35.7 Å². The standard InChI is InChI=1S/C13H12FNO4S2/c1-19-13(16)12-11(6-7-20-12)15-21(17,18)8-9-2-4-10(14)5-3-9/h2-7,15H,8H2,1H3. The molecule has 8 heteroatoms. The van der Waals surface area contributed by atoms with E-state index in [1.165, 1.54) is 37.4 Å². The van der Waals surface area contributed by atoms with E-state index in [0.717, 1.165) is 11.3 Å². The van der Waals surface area contributed by atoms with Gasteiger partial charge in [-0.15, -0.1) is 11.3 Å². The Morgan fingerprint density at radius 3 is 2.57 bits per heavy atom. The molecule has 1 aromatic heterocycles.